The molecular formula is C14H12N2O3. The van der Waals surface area contributed by atoms with Gasteiger partial charge in [-0.25, -0.2) is 9.78 Å². The summed E-state index contributed by atoms with van der Waals surface area (Å²) >= 11 is 0. The molecular weight excluding hydrogens is 244 g/mol. The number of anilines is 1. The Bertz CT molecular complexity index is 613. The van der Waals surface area contributed by atoms with E-state index in [1.807, 2.05) is 30.3 Å². The van der Waals surface area contributed by atoms with E-state index in [9.17, 15) is 4.79 Å². The molecule has 0 bridgehead atoms. The lowest BCUT2D eigenvalue weighted by atomic mass is 10.1. The molecule has 5 heteroatoms. The number of rotatable bonds is 2. The third-order valence-corrected chi connectivity index (χ3v) is 3.02. The van der Waals surface area contributed by atoms with E-state index in [2.05, 4.69) is 10.3 Å². The molecule has 0 fully saturated rings. The first kappa shape index (κ1) is 11.5. The Morgan fingerprint density at radius 2 is 2.16 bits per heavy atom. The van der Waals surface area contributed by atoms with Gasteiger partial charge in [-0.3, -0.25) is 0 Å². The minimum atomic E-state index is -1.01. The van der Waals surface area contributed by atoms with Crippen molar-refractivity contribution in [3.8, 4) is 5.75 Å². The number of fused-ring (bicyclic) bond motifs is 1. The fourth-order valence-corrected chi connectivity index (χ4v) is 2.02. The zero-order valence-electron chi connectivity index (χ0n) is 10.0. The van der Waals surface area contributed by atoms with Crippen LogP contribution in [0.4, 0.5) is 5.82 Å². The van der Waals surface area contributed by atoms with E-state index in [4.69, 9.17) is 9.84 Å². The summed E-state index contributed by atoms with van der Waals surface area (Å²) in [5, 5.41) is 12.2. The molecule has 1 aromatic heterocycles. The Labute approximate surface area is 109 Å². The fraction of sp³-hybridized carbons (Fsp3) is 0.143. The summed E-state index contributed by atoms with van der Waals surface area (Å²) in [6.45, 7) is 0.446. The number of hydrogen-bond acceptors (Lipinski definition) is 4. The third-order valence-electron chi connectivity index (χ3n) is 3.02. The summed E-state index contributed by atoms with van der Waals surface area (Å²) in [5.41, 5.74) is 1.23. The van der Waals surface area contributed by atoms with Crippen LogP contribution in [-0.2, 0) is 0 Å². The highest BCUT2D eigenvalue weighted by molar-refractivity contribution is 5.88. The molecule has 1 atom stereocenters. The van der Waals surface area contributed by atoms with E-state index in [-0.39, 0.29) is 11.6 Å². The van der Waals surface area contributed by atoms with E-state index >= 15 is 0 Å². The van der Waals surface area contributed by atoms with Gasteiger partial charge < -0.3 is 15.2 Å². The maximum atomic E-state index is 10.9. The minimum absolute atomic E-state index is 0.0249. The van der Waals surface area contributed by atoms with Gasteiger partial charge in [-0.2, -0.15) is 0 Å². The predicted molar refractivity (Wildman–Crippen MR) is 69.5 cm³/mol. The molecule has 2 aromatic rings. The maximum absolute atomic E-state index is 10.9. The molecule has 96 valence electrons. The van der Waals surface area contributed by atoms with Crippen molar-refractivity contribution in [1.82, 2.24) is 4.98 Å². The number of ether oxygens (including phenoxy) is 1. The molecule has 19 heavy (non-hydrogen) atoms. The van der Waals surface area contributed by atoms with Gasteiger partial charge in [-0.05, 0) is 5.56 Å². The monoisotopic (exact) mass is 256 g/mol. The number of pyridine rings is 1. The summed E-state index contributed by atoms with van der Waals surface area (Å²) < 4.78 is 5.59. The van der Waals surface area contributed by atoms with Crippen molar-refractivity contribution in [2.45, 2.75) is 6.04 Å². The van der Waals surface area contributed by atoms with E-state index in [1.165, 1.54) is 12.3 Å². The summed E-state index contributed by atoms with van der Waals surface area (Å²) in [6.07, 6.45) is 1.32. The molecule has 3 rings (SSSR count). The van der Waals surface area contributed by atoms with Gasteiger partial charge in [-0.15, -0.1) is 0 Å². The minimum Gasteiger partial charge on any atom is -0.487 e. The molecule has 1 aliphatic heterocycles. The van der Waals surface area contributed by atoms with Gasteiger partial charge in [0.2, 0.25) is 0 Å². The smallest absolute Gasteiger partial charge is 0.337 e. The van der Waals surface area contributed by atoms with E-state index in [0.29, 0.717) is 18.2 Å². The first-order valence-electron chi connectivity index (χ1n) is 5.91. The summed E-state index contributed by atoms with van der Waals surface area (Å²) in [6, 6.07) is 11.4. The lowest BCUT2D eigenvalue weighted by Crippen LogP contribution is -2.24. The van der Waals surface area contributed by atoms with Crippen LogP contribution in [0, 0.1) is 0 Å². The quantitative estimate of drug-likeness (QED) is 0.862. The highest BCUT2D eigenvalue weighted by atomic mass is 16.5. The molecule has 0 amide bonds. The second-order valence-corrected chi connectivity index (χ2v) is 4.29. The van der Waals surface area contributed by atoms with Crippen LogP contribution in [0.1, 0.15) is 22.0 Å². The molecule has 0 saturated carbocycles. The molecule has 2 heterocycles. The topological polar surface area (TPSA) is 71.5 Å². The summed E-state index contributed by atoms with van der Waals surface area (Å²) in [5.74, 6) is 0.0428. The first-order valence-corrected chi connectivity index (χ1v) is 5.91. The van der Waals surface area contributed by atoms with Crippen LogP contribution < -0.4 is 10.1 Å². The Kier molecular flexibility index (Phi) is 2.79. The average molecular weight is 256 g/mol. The average Bonchev–Trinajstić information content (AvgIpc) is 2.47. The zero-order chi connectivity index (χ0) is 13.2. The number of nitrogens with zero attached hydrogens (tertiary/aromatic N) is 1. The van der Waals surface area contributed by atoms with E-state index in [1.54, 1.807) is 0 Å². The molecule has 0 spiro atoms. The molecule has 0 radical (unpaired) electrons. The molecule has 0 unspecified atom stereocenters. The van der Waals surface area contributed by atoms with Crippen molar-refractivity contribution >= 4 is 11.8 Å². The first-order chi connectivity index (χ1) is 9.24. The van der Waals surface area contributed by atoms with Crippen LogP contribution in [0.25, 0.3) is 0 Å². The predicted octanol–water partition coefficient (Wildman–Crippen LogP) is 2.33. The number of hydrogen-bond donors (Lipinski definition) is 2. The molecule has 2 N–H and O–H groups in total. The standard InChI is InChI=1S/C14H12N2O3/c17-14(18)10-6-12-13(15-7-10)16-11(8-19-12)9-4-2-1-3-5-9/h1-7,11H,8H2,(H,15,16)(H,17,18)/t11-/m0/s1. The van der Waals surface area contributed by atoms with Gasteiger partial charge in [0.05, 0.1) is 11.6 Å². The van der Waals surface area contributed by atoms with Crippen LogP contribution in [0.3, 0.4) is 0 Å². The van der Waals surface area contributed by atoms with Gasteiger partial charge in [0.1, 0.15) is 6.61 Å². The summed E-state index contributed by atoms with van der Waals surface area (Å²) in [4.78, 5) is 15.0. The molecule has 5 nitrogen and oxygen atoms in total. The molecule has 1 aromatic carbocycles. The van der Waals surface area contributed by atoms with Crippen molar-refractivity contribution in [2.75, 3.05) is 11.9 Å². The van der Waals surface area contributed by atoms with Gasteiger partial charge in [0.25, 0.3) is 0 Å². The Hall–Kier alpha value is -2.56. The number of carbonyl (C=O) groups is 1. The van der Waals surface area contributed by atoms with Gasteiger partial charge in [0, 0.05) is 12.3 Å². The van der Waals surface area contributed by atoms with Crippen molar-refractivity contribution in [3.63, 3.8) is 0 Å². The number of benzene rings is 1. The number of carboxylic acids is 1. The fourth-order valence-electron chi connectivity index (χ4n) is 2.02. The highest BCUT2D eigenvalue weighted by Crippen LogP contribution is 2.32. The van der Waals surface area contributed by atoms with Crippen molar-refractivity contribution in [3.05, 3.63) is 53.7 Å². The second kappa shape index (κ2) is 4.61. The Balaban J connectivity index is 1.87. The van der Waals surface area contributed by atoms with Gasteiger partial charge in [-0.1, -0.05) is 30.3 Å². The van der Waals surface area contributed by atoms with Crippen LogP contribution in [0.15, 0.2) is 42.6 Å². The van der Waals surface area contributed by atoms with Gasteiger partial charge >= 0.3 is 5.97 Å². The number of aromatic carboxylic acids is 1. The number of nitrogens with one attached hydrogen (secondary N) is 1. The molecule has 1 aliphatic rings. The largest absolute Gasteiger partial charge is 0.487 e. The van der Waals surface area contributed by atoms with Crippen molar-refractivity contribution < 1.29 is 14.6 Å². The number of carboxylic acid groups (broad SMARTS) is 1. The van der Waals surface area contributed by atoms with Crippen LogP contribution in [0.2, 0.25) is 0 Å². The van der Waals surface area contributed by atoms with E-state index < -0.39 is 5.97 Å². The molecule has 0 aliphatic carbocycles. The van der Waals surface area contributed by atoms with Crippen LogP contribution in [0.5, 0.6) is 5.75 Å². The zero-order valence-corrected chi connectivity index (χ0v) is 10.0. The SMILES string of the molecule is O=C(O)c1cnc2c(c1)OC[C@@H](c1ccccc1)N2. The molecule has 0 saturated heterocycles. The van der Waals surface area contributed by atoms with Crippen LogP contribution in [-0.4, -0.2) is 22.7 Å². The van der Waals surface area contributed by atoms with Gasteiger partial charge in [0.15, 0.2) is 11.6 Å². The van der Waals surface area contributed by atoms with E-state index in [0.717, 1.165) is 5.56 Å². The lowest BCUT2D eigenvalue weighted by Gasteiger charge is -2.26. The summed E-state index contributed by atoms with van der Waals surface area (Å²) in [7, 11) is 0. The number of aromatic nitrogens is 1. The third kappa shape index (κ3) is 2.22. The van der Waals surface area contributed by atoms with Crippen LogP contribution >= 0.6 is 0 Å². The Morgan fingerprint density at radius 1 is 1.37 bits per heavy atom. The highest BCUT2D eigenvalue weighted by Gasteiger charge is 2.22. The Morgan fingerprint density at radius 3 is 2.89 bits per heavy atom. The van der Waals surface area contributed by atoms with Crippen molar-refractivity contribution in [2.24, 2.45) is 0 Å². The normalized spacial score (nSPS) is 16.9. The maximum Gasteiger partial charge on any atom is 0.337 e. The van der Waals surface area contributed by atoms with Crippen molar-refractivity contribution in [1.29, 1.82) is 0 Å². The lowest BCUT2D eigenvalue weighted by molar-refractivity contribution is 0.0696. The second-order valence-electron chi connectivity index (χ2n) is 4.29.